The molecule has 0 unspecified atom stereocenters. The zero-order valence-corrected chi connectivity index (χ0v) is 13.5. The fourth-order valence-electron chi connectivity index (χ4n) is 2.10. The van der Waals surface area contributed by atoms with Gasteiger partial charge in [0.25, 0.3) is 0 Å². The van der Waals surface area contributed by atoms with Crippen molar-refractivity contribution < 1.29 is 13.2 Å². The van der Waals surface area contributed by atoms with E-state index in [2.05, 4.69) is 9.97 Å². The number of hydrogen-bond acceptors (Lipinski definition) is 5. The molecule has 0 fully saturated rings. The summed E-state index contributed by atoms with van der Waals surface area (Å²) in [6.45, 7) is 0. The van der Waals surface area contributed by atoms with Crippen molar-refractivity contribution in [1.82, 2.24) is 14.5 Å². The Balaban J connectivity index is 1.89. The minimum Gasteiger partial charge on any atom is -0.497 e. The Kier molecular flexibility index (Phi) is 3.87. The van der Waals surface area contributed by atoms with E-state index in [4.69, 9.17) is 4.74 Å². The van der Waals surface area contributed by atoms with Gasteiger partial charge < -0.3 is 4.74 Å². The van der Waals surface area contributed by atoms with Crippen molar-refractivity contribution in [2.75, 3.05) is 13.4 Å². The molecule has 0 amide bonds. The number of benzene rings is 1. The first-order chi connectivity index (χ1) is 11.0. The Labute approximate surface area is 134 Å². The molecule has 6 nitrogen and oxygen atoms in total. The lowest BCUT2D eigenvalue weighted by Crippen LogP contribution is -2.00. The van der Waals surface area contributed by atoms with Gasteiger partial charge in [0.15, 0.2) is 9.84 Å². The third-order valence-electron chi connectivity index (χ3n) is 3.38. The van der Waals surface area contributed by atoms with Crippen LogP contribution >= 0.6 is 0 Å². The third kappa shape index (κ3) is 3.24. The van der Waals surface area contributed by atoms with E-state index in [-0.39, 0.29) is 4.90 Å². The highest BCUT2D eigenvalue weighted by atomic mass is 32.2. The maximum atomic E-state index is 11.5. The van der Waals surface area contributed by atoms with Gasteiger partial charge in [-0.15, -0.1) is 0 Å². The molecule has 23 heavy (non-hydrogen) atoms. The van der Waals surface area contributed by atoms with Gasteiger partial charge >= 0.3 is 0 Å². The second-order valence-electron chi connectivity index (χ2n) is 5.02. The number of methoxy groups -OCH3 is 1. The van der Waals surface area contributed by atoms with Crippen LogP contribution < -0.4 is 4.74 Å². The predicted octanol–water partition coefficient (Wildman–Crippen LogP) is 2.35. The number of imidazole rings is 1. The molecule has 0 bridgehead atoms. The Morgan fingerprint density at radius 3 is 2.35 bits per heavy atom. The number of ether oxygens (including phenoxy) is 1. The van der Waals surface area contributed by atoms with Crippen molar-refractivity contribution in [2.45, 2.75) is 4.90 Å². The molecule has 2 heterocycles. The van der Waals surface area contributed by atoms with Gasteiger partial charge in [0.05, 0.1) is 17.7 Å². The minimum absolute atomic E-state index is 0.191. The highest BCUT2D eigenvalue weighted by Crippen LogP contribution is 2.21. The highest BCUT2D eigenvalue weighted by Gasteiger charge is 2.09. The number of sulfone groups is 1. The summed E-state index contributed by atoms with van der Waals surface area (Å²) in [6, 6.07) is 10.8. The van der Waals surface area contributed by atoms with Crippen LogP contribution in [0.25, 0.3) is 17.1 Å². The molecule has 3 aromatic rings. The van der Waals surface area contributed by atoms with Crippen LogP contribution in [0.4, 0.5) is 0 Å². The SMILES string of the molecule is COc1ccc(-c2cn(-c3ccc(S(C)(=O)=O)cn3)cn2)cc1. The maximum absolute atomic E-state index is 11.5. The average molecular weight is 329 g/mol. The summed E-state index contributed by atoms with van der Waals surface area (Å²) in [5.74, 6) is 1.39. The fraction of sp³-hybridized carbons (Fsp3) is 0.125. The van der Waals surface area contributed by atoms with Crippen LogP contribution in [0.3, 0.4) is 0 Å². The van der Waals surface area contributed by atoms with E-state index in [1.807, 2.05) is 30.5 Å². The minimum atomic E-state index is -3.25. The lowest BCUT2D eigenvalue weighted by atomic mass is 10.2. The van der Waals surface area contributed by atoms with E-state index < -0.39 is 9.84 Å². The Morgan fingerprint density at radius 2 is 1.78 bits per heavy atom. The molecule has 3 rings (SSSR count). The molecule has 1 aromatic carbocycles. The quantitative estimate of drug-likeness (QED) is 0.734. The molecule has 0 spiro atoms. The van der Waals surface area contributed by atoms with Gasteiger partial charge in [-0.2, -0.15) is 0 Å². The molecular formula is C16H15N3O3S. The van der Waals surface area contributed by atoms with Crippen LogP contribution in [0.2, 0.25) is 0 Å². The van der Waals surface area contributed by atoms with Gasteiger partial charge in [-0.05, 0) is 36.4 Å². The summed E-state index contributed by atoms with van der Waals surface area (Å²) < 4.78 is 29.8. The first-order valence-electron chi connectivity index (χ1n) is 6.82. The zero-order chi connectivity index (χ0) is 16.4. The summed E-state index contributed by atoms with van der Waals surface area (Å²) in [5, 5.41) is 0. The highest BCUT2D eigenvalue weighted by molar-refractivity contribution is 7.90. The van der Waals surface area contributed by atoms with E-state index in [0.717, 1.165) is 23.3 Å². The van der Waals surface area contributed by atoms with Gasteiger partial charge in [-0.1, -0.05) is 0 Å². The van der Waals surface area contributed by atoms with Crippen molar-refractivity contribution in [3.63, 3.8) is 0 Å². The summed E-state index contributed by atoms with van der Waals surface area (Å²) >= 11 is 0. The van der Waals surface area contributed by atoms with Crippen molar-refractivity contribution in [1.29, 1.82) is 0 Å². The number of nitrogens with zero attached hydrogens (tertiary/aromatic N) is 3. The standard InChI is InChI=1S/C16H15N3O3S/c1-22-13-5-3-12(4-6-13)15-10-19(11-18-15)16-8-7-14(9-17-16)23(2,20)21/h3-11H,1-2H3. The van der Waals surface area contributed by atoms with Crippen molar-refractivity contribution in [3.05, 3.63) is 55.1 Å². The average Bonchev–Trinajstić information content (AvgIpc) is 3.04. The van der Waals surface area contributed by atoms with Gasteiger partial charge in [0, 0.05) is 24.2 Å². The topological polar surface area (TPSA) is 74.1 Å². The van der Waals surface area contributed by atoms with Gasteiger partial charge in [-0.3, -0.25) is 4.57 Å². The molecule has 0 saturated carbocycles. The lowest BCUT2D eigenvalue weighted by Gasteiger charge is -2.02. The monoisotopic (exact) mass is 329 g/mol. The number of pyridine rings is 1. The Morgan fingerprint density at radius 1 is 1.04 bits per heavy atom. The molecule has 0 radical (unpaired) electrons. The summed E-state index contributed by atoms with van der Waals surface area (Å²) in [5.41, 5.74) is 1.75. The van der Waals surface area contributed by atoms with Crippen LogP contribution in [0.1, 0.15) is 0 Å². The van der Waals surface area contributed by atoms with Crippen LogP contribution in [-0.4, -0.2) is 36.3 Å². The number of hydrogen-bond donors (Lipinski definition) is 0. The first-order valence-corrected chi connectivity index (χ1v) is 8.71. The first kappa shape index (κ1) is 15.2. The molecule has 0 aliphatic heterocycles. The van der Waals surface area contributed by atoms with Crippen molar-refractivity contribution in [3.8, 4) is 22.8 Å². The molecule has 0 saturated heterocycles. The van der Waals surface area contributed by atoms with Crippen molar-refractivity contribution >= 4 is 9.84 Å². The normalized spacial score (nSPS) is 11.4. The summed E-state index contributed by atoms with van der Waals surface area (Å²) in [6.07, 6.45) is 5.98. The van der Waals surface area contributed by atoms with E-state index >= 15 is 0 Å². The summed E-state index contributed by atoms with van der Waals surface area (Å²) in [4.78, 5) is 8.72. The van der Waals surface area contributed by atoms with Gasteiger partial charge in [0.2, 0.25) is 0 Å². The van der Waals surface area contributed by atoms with E-state index in [9.17, 15) is 8.42 Å². The Bertz CT molecular complexity index is 914. The molecular weight excluding hydrogens is 314 g/mol. The van der Waals surface area contributed by atoms with E-state index in [1.54, 1.807) is 24.1 Å². The number of aromatic nitrogens is 3. The molecule has 7 heteroatoms. The van der Waals surface area contributed by atoms with Crippen LogP contribution in [0.5, 0.6) is 5.75 Å². The van der Waals surface area contributed by atoms with Crippen LogP contribution in [0, 0.1) is 0 Å². The number of rotatable bonds is 4. The molecule has 118 valence electrons. The molecule has 0 aliphatic rings. The molecule has 0 atom stereocenters. The van der Waals surface area contributed by atoms with E-state index in [1.165, 1.54) is 12.3 Å². The molecule has 2 aromatic heterocycles. The van der Waals surface area contributed by atoms with Gasteiger partial charge in [-0.25, -0.2) is 18.4 Å². The third-order valence-corrected chi connectivity index (χ3v) is 4.48. The fourth-order valence-corrected chi connectivity index (χ4v) is 2.66. The Hall–Kier alpha value is -2.67. The molecule has 0 aliphatic carbocycles. The van der Waals surface area contributed by atoms with Crippen LogP contribution in [-0.2, 0) is 9.84 Å². The van der Waals surface area contributed by atoms with Crippen molar-refractivity contribution in [2.24, 2.45) is 0 Å². The largest absolute Gasteiger partial charge is 0.497 e. The van der Waals surface area contributed by atoms with Crippen LogP contribution in [0.15, 0.2) is 60.0 Å². The predicted molar refractivity (Wildman–Crippen MR) is 86.5 cm³/mol. The molecule has 0 N–H and O–H groups in total. The zero-order valence-electron chi connectivity index (χ0n) is 12.7. The summed E-state index contributed by atoms with van der Waals surface area (Å²) in [7, 11) is -1.62. The second-order valence-corrected chi connectivity index (χ2v) is 7.03. The maximum Gasteiger partial charge on any atom is 0.177 e. The smallest absolute Gasteiger partial charge is 0.177 e. The second kappa shape index (κ2) is 5.85. The lowest BCUT2D eigenvalue weighted by molar-refractivity contribution is 0.415. The van der Waals surface area contributed by atoms with E-state index in [0.29, 0.717) is 5.82 Å². The van der Waals surface area contributed by atoms with Gasteiger partial charge in [0.1, 0.15) is 17.9 Å².